The molecule has 0 bridgehead atoms. The van der Waals surface area contributed by atoms with Crippen molar-refractivity contribution in [2.45, 2.75) is 0 Å². The van der Waals surface area contributed by atoms with Crippen LogP contribution in [0.15, 0.2) is 48.5 Å². The fourth-order valence-corrected chi connectivity index (χ4v) is 1.57. The molecule has 0 radical (unpaired) electrons. The van der Waals surface area contributed by atoms with Gasteiger partial charge in [0.05, 0.1) is 5.69 Å². The Labute approximate surface area is 114 Å². The summed E-state index contributed by atoms with van der Waals surface area (Å²) in [6, 6.07) is 11.3. The Morgan fingerprint density at radius 3 is 2.20 bits per heavy atom. The number of carbonyl (C=O) groups is 2. The summed E-state index contributed by atoms with van der Waals surface area (Å²) in [5.41, 5.74) is 5.99. The fraction of sp³-hybridized carbons (Fsp3) is 0. The smallest absolute Gasteiger partial charge is 0.323 e. The summed E-state index contributed by atoms with van der Waals surface area (Å²) in [5.74, 6) is -1.07. The van der Waals surface area contributed by atoms with E-state index in [0.29, 0.717) is 11.3 Å². The molecule has 4 N–H and O–H groups in total. The second kappa shape index (κ2) is 5.83. The molecular weight excluding hydrogens is 261 g/mol. The number of hydrogen-bond donors (Lipinski definition) is 3. The third-order valence-corrected chi connectivity index (χ3v) is 2.55. The zero-order chi connectivity index (χ0) is 14.5. The van der Waals surface area contributed by atoms with Crippen molar-refractivity contribution >= 4 is 23.3 Å². The summed E-state index contributed by atoms with van der Waals surface area (Å²) in [6.45, 7) is 0. The van der Waals surface area contributed by atoms with E-state index in [4.69, 9.17) is 5.73 Å². The number of primary amides is 1. The van der Waals surface area contributed by atoms with Gasteiger partial charge in [0.15, 0.2) is 0 Å². The average Bonchev–Trinajstić information content (AvgIpc) is 2.42. The van der Waals surface area contributed by atoms with E-state index in [1.54, 1.807) is 6.07 Å². The number of para-hydroxylation sites is 1. The molecule has 6 heteroatoms. The molecule has 0 saturated heterocycles. The Morgan fingerprint density at radius 2 is 1.60 bits per heavy atom. The van der Waals surface area contributed by atoms with Gasteiger partial charge in [0, 0.05) is 11.3 Å². The van der Waals surface area contributed by atoms with Crippen LogP contribution in [-0.2, 0) is 0 Å². The molecule has 2 aromatic rings. The summed E-state index contributed by atoms with van der Waals surface area (Å²) >= 11 is 0. The number of halogens is 1. The number of nitrogens with two attached hydrogens (primary N) is 1. The van der Waals surface area contributed by atoms with Crippen LogP contribution in [0.1, 0.15) is 10.4 Å². The Kier molecular flexibility index (Phi) is 3.95. The predicted molar refractivity (Wildman–Crippen MR) is 74.0 cm³/mol. The van der Waals surface area contributed by atoms with Gasteiger partial charge in [0.25, 0.3) is 0 Å². The molecule has 0 unspecified atom stereocenters. The molecular formula is C14H12FN3O2. The summed E-state index contributed by atoms with van der Waals surface area (Å²) in [5, 5.41) is 4.89. The predicted octanol–water partition coefficient (Wildman–Crippen LogP) is 2.57. The van der Waals surface area contributed by atoms with Crippen molar-refractivity contribution in [2.75, 3.05) is 10.6 Å². The standard InChI is InChI=1S/C14H12FN3O2/c15-11-3-1-2-4-12(11)18-14(20)17-10-7-5-9(6-8-10)13(16)19/h1-8H,(H2,16,19)(H2,17,18,20). The maximum absolute atomic E-state index is 13.3. The van der Waals surface area contributed by atoms with E-state index in [1.807, 2.05) is 0 Å². The van der Waals surface area contributed by atoms with Crippen molar-refractivity contribution in [2.24, 2.45) is 5.73 Å². The molecule has 0 aliphatic carbocycles. The number of nitrogens with one attached hydrogen (secondary N) is 2. The number of rotatable bonds is 3. The van der Waals surface area contributed by atoms with Crippen LogP contribution in [0.2, 0.25) is 0 Å². The Balaban J connectivity index is 2.01. The average molecular weight is 273 g/mol. The largest absolute Gasteiger partial charge is 0.366 e. The third-order valence-electron chi connectivity index (χ3n) is 2.55. The monoisotopic (exact) mass is 273 g/mol. The van der Waals surface area contributed by atoms with Crippen molar-refractivity contribution < 1.29 is 14.0 Å². The van der Waals surface area contributed by atoms with Crippen LogP contribution in [0.3, 0.4) is 0 Å². The molecule has 0 aromatic heterocycles. The lowest BCUT2D eigenvalue weighted by molar-refractivity contribution is 0.100. The van der Waals surface area contributed by atoms with E-state index < -0.39 is 17.8 Å². The number of urea groups is 1. The lowest BCUT2D eigenvalue weighted by Crippen LogP contribution is -2.20. The van der Waals surface area contributed by atoms with Gasteiger partial charge in [-0.1, -0.05) is 12.1 Å². The maximum Gasteiger partial charge on any atom is 0.323 e. The highest BCUT2D eigenvalue weighted by molar-refractivity contribution is 6.00. The minimum absolute atomic E-state index is 0.0822. The third kappa shape index (κ3) is 3.32. The van der Waals surface area contributed by atoms with E-state index in [9.17, 15) is 14.0 Å². The Morgan fingerprint density at radius 1 is 0.950 bits per heavy atom. The first-order valence-electron chi connectivity index (χ1n) is 5.78. The number of benzene rings is 2. The molecule has 0 saturated carbocycles. The van der Waals surface area contributed by atoms with E-state index in [1.165, 1.54) is 42.5 Å². The molecule has 5 nitrogen and oxygen atoms in total. The van der Waals surface area contributed by atoms with E-state index >= 15 is 0 Å². The Hall–Kier alpha value is -2.89. The van der Waals surface area contributed by atoms with Crippen molar-refractivity contribution in [3.05, 3.63) is 59.9 Å². The minimum atomic E-state index is -0.582. The van der Waals surface area contributed by atoms with Crippen LogP contribution in [-0.4, -0.2) is 11.9 Å². The number of amides is 3. The van der Waals surface area contributed by atoms with Crippen LogP contribution >= 0.6 is 0 Å². The molecule has 0 aliphatic rings. The van der Waals surface area contributed by atoms with Gasteiger partial charge in [-0.2, -0.15) is 0 Å². The first kappa shape index (κ1) is 13.5. The molecule has 0 fully saturated rings. The van der Waals surface area contributed by atoms with Crippen LogP contribution < -0.4 is 16.4 Å². The van der Waals surface area contributed by atoms with E-state index in [2.05, 4.69) is 10.6 Å². The molecule has 2 aromatic carbocycles. The minimum Gasteiger partial charge on any atom is -0.366 e. The summed E-state index contributed by atoms with van der Waals surface area (Å²) in [4.78, 5) is 22.6. The quantitative estimate of drug-likeness (QED) is 0.803. The molecule has 0 atom stereocenters. The fourth-order valence-electron chi connectivity index (χ4n) is 1.57. The maximum atomic E-state index is 13.3. The molecule has 0 spiro atoms. The molecule has 2 rings (SSSR count). The van der Waals surface area contributed by atoms with E-state index in [0.717, 1.165) is 0 Å². The van der Waals surface area contributed by atoms with Crippen LogP contribution in [0.4, 0.5) is 20.6 Å². The van der Waals surface area contributed by atoms with Crippen LogP contribution in [0.25, 0.3) is 0 Å². The number of hydrogen-bond acceptors (Lipinski definition) is 2. The molecule has 3 amide bonds. The van der Waals surface area contributed by atoms with Gasteiger partial charge in [0.1, 0.15) is 5.82 Å². The van der Waals surface area contributed by atoms with E-state index in [-0.39, 0.29) is 5.69 Å². The zero-order valence-corrected chi connectivity index (χ0v) is 10.4. The van der Waals surface area contributed by atoms with Gasteiger partial charge in [-0.25, -0.2) is 9.18 Å². The van der Waals surface area contributed by atoms with Gasteiger partial charge in [-0.05, 0) is 36.4 Å². The molecule has 102 valence electrons. The first-order chi connectivity index (χ1) is 9.56. The lowest BCUT2D eigenvalue weighted by atomic mass is 10.2. The number of anilines is 2. The van der Waals surface area contributed by atoms with Crippen molar-refractivity contribution in [3.63, 3.8) is 0 Å². The second-order valence-corrected chi connectivity index (χ2v) is 4.00. The van der Waals surface area contributed by atoms with Crippen LogP contribution in [0, 0.1) is 5.82 Å². The van der Waals surface area contributed by atoms with Gasteiger partial charge >= 0.3 is 6.03 Å². The van der Waals surface area contributed by atoms with Gasteiger partial charge in [-0.3, -0.25) is 4.79 Å². The Bertz CT molecular complexity index is 641. The SMILES string of the molecule is NC(=O)c1ccc(NC(=O)Nc2ccccc2F)cc1. The van der Waals surface area contributed by atoms with Crippen LogP contribution in [0.5, 0.6) is 0 Å². The normalized spacial score (nSPS) is 9.85. The highest BCUT2D eigenvalue weighted by Gasteiger charge is 2.06. The van der Waals surface area contributed by atoms with Crippen molar-refractivity contribution in [3.8, 4) is 0 Å². The molecule has 0 aliphatic heterocycles. The summed E-state index contributed by atoms with van der Waals surface area (Å²) < 4.78 is 13.3. The second-order valence-electron chi connectivity index (χ2n) is 4.00. The highest BCUT2D eigenvalue weighted by Crippen LogP contribution is 2.14. The first-order valence-corrected chi connectivity index (χ1v) is 5.78. The zero-order valence-electron chi connectivity index (χ0n) is 10.4. The number of carbonyl (C=O) groups excluding carboxylic acids is 2. The lowest BCUT2D eigenvalue weighted by Gasteiger charge is -2.08. The summed E-state index contributed by atoms with van der Waals surface area (Å²) in [7, 11) is 0. The van der Waals surface area contributed by atoms with Gasteiger partial charge < -0.3 is 16.4 Å². The molecule has 20 heavy (non-hydrogen) atoms. The van der Waals surface area contributed by atoms with Crippen molar-refractivity contribution in [1.29, 1.82) is 0 Å². The highest BCUT2D eigenvalue weighted by atomic mass is 19.1. The summed E-state index contributed by atoms with van der Waals surface area (Å²) in [6.07, 6.45) is 0. The van der Waals surface area contributed by atoms with Gasteiger partial charge in [-0.15, -0.1) is 0 Å². The molecule has 0 heterocycles. The topological polar surface area (TPSA) is 84.2 Å². The van der Waals surface area contributed by atoms with Gasteiger partial charge in [0.2, 0.25) is 5.91 Å². The van der Waals surface area contributed by atoms with Crippen molar-refractivity contribution in [1.82, 2.24) is 0 Å².